The molecule has 0 saturated heterocycles. The molecule has 0 amide bonds. The zero-order valence-corrected chi connectivity index (χ0v) is 5.01. The third-order valence-electron chi connectivity index (χ3n) is 1.76. The van der Waals surface area contributed by atoms with Crippen molar-refractivity contribution in [2.24, 2.45) is 5.92 Å². The van der Waals surface area contributed by atoms with E-state index >= 15 is 0 Å². The number of aliphatic carboxylic acids is 1. The molecule has 0 aliphatic heterocycles. The van der Waals surface area contributed by atoms with Crippen LogP contribution >= 0.6 is 0 Å². The maximum absolute atomic E-state index is 12.3. The second-order valence-electron chi connectivity index (χ2n) is 2.45. The second kappa shape index (κ2) is 2.33. The molecular weight excluding hydrogens is 123 g/mol. The molecule has 1 rings (SSSR count). The number of carboxylic acid groups (broad SMARTS) is 1. The molecule has 0 aromatic heterocycles. The second-order valence-corrected chi connectivity index (χ2v) is 2.45. The number of carbonyl (C=O) groups is 1. The van der Waals surface area contributed by atoms with E-state index in [2.05, 4.69) is 0 Å². The zero-order chi connectivity index (χ0) is 6.85. The van der Waals surface area contributed by atoms with Gasteiger partial charge in [0.05, 0.1) is 6.42 Å². The van der Waals surface area contributed by atoms with Gasteiger partial charge in [-0.1, -0.05) is 0 Å². The van der Waals surface area contributed by atoms with Gasteiger partial charge >= 0.3 is 5.97 Å². The smallest absolute Gasteiger partial charge is 0.303 e. The molecule has 0 radical (unpaired) electrons. The molecule has 2 unspecified atom stereocenters. The van der Waals surface area contributed by atoms with Gasteiger partial charge < -0.3 is 5.11 Å². The highest BCUT2D eigenvalue weighted by Crippen LogP contribution is 2.32. The van der Waals surface area contributed by atoms with Crippen molar-refractivity contribution in [1.82, 2.24) is 0 Å². The van der Waals surface area contributed by atoms with Gasteiger partial charge in [-0.05, 0) is 12.8 Å². The predicted octanol–water partition coefficient (Wildman–Crippen LogP) is 1.21. The minimum Gasteiger partial charge on any atom is -0.481 e. The van der Waals surface area contributed by atoms with Crippen molar-refractivity contribution in [1.29, 1.82) is 0 Å². The third kappa shape index (κ3) is 1.40. The largest absolute Gasteiger partial charge is 0.481 e. The van der Waals surface area contributed by atoms with Crippen molar-refractivity contribution in [3.63, 3.8) is 0 Å². The number of rotatable bonds is 2. The molecule has 0 bridgehead atoms. The summed E-state index contributed by atoms with van der Waals surface area (Å²) in [6.07, 6.45) is 0.452. The number of hydrogen-bond donors (Lipinski definition) is 1. The topological polar surface area (TPSA) is 37.3 Å². The normalized spacial score (nSPS) is 33.4. The van der Waals surface area contributed by atoms with Crippen LogP contribution in [0.1, 0.15) is 19.3 Å². The molecule has 1 fully saturated rings. The van der Waals surface area contributed by atoms with Crippen LogP contribution in [0, 0.1) is 5.92 Å². The summed E-state index contributed by atoms with van der Waals surface area (Å²) in [4.78, 5) is 9.98. The van der Waals surface area contributed by atoms with Gasteiger partial charge in [0.25, 0.3) is 0 Å². The van der Waals surface area contributed by atoms with Crippen LogP contribution in [0.5, 0.6) is 0 Å². The van der Waals surface area contributed by atoms with Crippen LogP contribution < -0.4 is 0 Å². The summed E-state index contributed by atoms with van der Waals surface area (Å²) >= 11 is 0. The summed E-state index contributed by atoms with van der Waals surface area (Å²) in [6, 6.07) is 0. The van der Waals surface area contributed by atoms with E-state index in [-0.39, 0.29) is 12.3 Å². The van der Waals surface area contributed by atoms with Gasteiger partial charge in [-0.15, -0.1) is 0 Å². The first-order valence-corrected chi connectivity index (χ1v) is 3.06. The fourth-order valence-corrected chi connectivity index (χ4v) is 0.983. The Hall–Kier alpha value is -0.600. The van der Waals surface area contributed by atoms with Crippen LogP contribution in [0.3, 0.4) is 0 Å². The third-order valence-corrected chi connectivity index (χ3v) is 1.76. The van der Waals surface area contributed by atoms with E-state index in [1.165, 1.54) is 0 Å². The number of halogens is 1. The highest BCUT2D eigenvalue weighted by atomic mass is 19.1. The van der Waals surface area contributed by atoms with Gasteiger partial charge in [0.1, 0.15) is 6.17 Å². The standard InChI is InChI=1S/C6H9FO2/c7-5-2-1-4(5)3-6(8)9/h4-5H,1-3H2,(H,8,9). The van der Waals surface area contributed by atoms with E-state index in [9.17, 15) is 9.18 Å². The Labute approximate surface area is 52.7 Å². The maximum Gasteiger partial charge on any atom is 0.303 e. The maximum atomic E-state index is 12.3. The van der Waals surface area contributed by atoms with Crippen LogP contribution in [0.4, 0.5) is 4.39 Å². The Balaban J connectivity index is 2.21. The lowest BCUT2D eigenvalue weighted by Gasteiger charge is -2.28. The Morgan fingerprint density at radius 1 is 1.67 bits per heavy atom. The summed E-state index contributed by atoms with van der Waals surface area (Å²) in [7, 11) is 0. The molecule has 1 saturated carbocycles. The van der Waals surface area contributed by atoms with E-state index in [4.69, 9.17) is 5.11 Å². The first-order chi connectivity index (χ1) is 4.20. The van der Waals surface area contributed by atoms with Crippen molar-refractivity contribution in [2.45, 2.75) is 25.4 Å². The van der Waals surface area contributed by atoms with E-state index < -0.39 is 12.1 Å². The summed E-state index contributed by atoms with van der Waals surface area (Å²) in [5, 5.41) is 8.20. The van der Waals surface area contributed by atoms with Gasteiger partial charge in [0, 0.05) is 5.92 Å². The number of hydrogen-bond acceptors (Lipinski definition) is 1. The fourth-order valence-electron chi connectivity index (χ4n) is 0.983. The molecule has 2 atom stereocenters. The Bertz CT molecular complexity index is 124. The first-order valence-electron chi connectivity index (χ1n) is 3.06. The molecule has 1 N–H and O–H groups in total. The SMILES string of the molecule is O=C(O)CC1CCC1F. The monoisotopic (exact) mass is 132 g/mol. The average Bonchev–Trinajstić information content (AvgIpc) is 1.79. The zero-order valence-electron chi connectivity index (χ0n) is 5.01. The summed E-state index contributed by atoms with van der Waals surface area (Å²) in [6.45, 7) is 0. The molecule has 2 nitrogen and oxygen atoms in total. The van der Waals surface area contributed by atoms with Crippen molar-refractivity contribution in [3.8, 4) is 0 Å². The fraction of sp³-hybridized carbons (Fsp3) is 0.833. The molecule has 3 heteroatoms. The minimum atomic E-state index is -0.887. The van der Waals surface area contributed by atoms with Crippen LogP contribution in [0.15, 0.2) is 0 Å². The van der Waals surface area contributed by atoms with Crippen LogP contribution in [-0.4, -0.2) is 17.2 Å². The quantitative estimate of drug-likeness (QED) is 0.613. The molecule has 1 aliphatic carbocycles. The van der Waals surface area contributed by atoms with Gasteiger partial charge in [0.15, 0.2) is 0 Å². The van der Waals surface area contributed by atoms with Crippen molar-refractivity contribution in [2.75, 3.05) is 0 Å². The van der Waals surface area contributed by atoms with Gasteiger partial charge in [-0.25, -0.2) is 4.39 Å². The van der Waals surface area contributed by atoms with Crippen LogP contribution in [0.2, 0.25) is 0 Å². The molecule has 9 heavy (non-hydrogen) atoms. The molecule has 0 aromatic carbocycles. The van der Waals surface area contributed by atoms with E-state index in [0.29, 0.717) is 6.42 Å². The van der Waals surface area contributed by atoms with E-state index in [1.807, 2.05) is 0 Å². The van der Waals surface area contributed by atoms with Crippen molar-refractivity contribution < 1.29 is 14.3 Å². The number of alkyl halides is 1. The molecule has 0 aromatic rings. The Morgan fingerprint density at radius 3 is 2.44 bits per heavy atom. The van der Waals surface area contributed by atoms with Crippen LogP contribution in [-0.2, 0) is 4.79 Å². The van der Waals surface area contributed by atoms with Crippen molar-refractivity contribution in [3.05, 3.63) is 0 Å². The molecule has 1 aliphatic rings. The summed E-state index contributed by atoms with van der Waals surface area (Å²) in [5.74, 6) is -1.08. The van der Waals surface area contributed by atoms with Gasteiger partial charge in [-0.3, -0.25) is 4.79 Å². The predicted molar refractivity (Wildman–Crippen MR) is 29.9 cm³/mol. The molecule has 0 heterocycles. The summed E-state index contributed by atoms with van der Waals surface area (Å²) < 4.78 is 12.3. The van der Waals surface area contributed by atoms with Crippen LogP contribution in [0.25, 0.3) is 0 Å². The van der Waals surface area contributed by atoms with Gasteiger partial charge in [-0.2, -0.15) is 0 Å². The molecule has 52 valence electrons. The Kier molecular flexibility index (Phi) is 1.69. The average molecular weight is 132 g/mol. The van der Waals surface area contributed by atoms with Crippen molar-refractivity contribution >= 4 is 5.97 Å². The highest BCUT2D eigenvalue weighted by Gasteiger charge is 2.32. The number of carboxylic acids is 1. The summed E-state index contributed by atoms with van der Waals surface area (Å²) in [5.41, 5.74) is 0. The molecular formula is C6H9FO2. The highest BCUT2D eigenvalue weighted by molar-refractivity contribution is 5.67. The van der Waals surface area contributed by atoms with E-state index in [1.54, 1.807) is 0 Å². The Morgan fingerprint density at radius 2 is 2.33 bits per heavy atom. The lowest BCUT2D eigenvalue weighted by atomic mass is 9.81. The molecule has 0 spiro atoms. The lowest BCUT2D eigenvalue weighted by Crippen LogP contribution is -2.29. The first kappa shape index (κ1) is 6.52. The minimum absolute atomic E-state index is 0.00116. The lowest BCUT2D eigenvalue weighted by molar-refractivity contribution is -0.139. The van der Waals surface area contributed by atoms with Gasteiger partial charge in [0.2, 0.25) is 0 Å². The van der Waals surface area contributed by atoms with E-state index in [0.717, 1.165) is 6.42 Å².